The van der Waals surface area contributed by atoms with E-state index in [1.165, 1.54) is 6.07 Å². The molecule has 0 spiro atoms. The zero-order chi connectivity index (χ0) is 19.2. The van der Waals surface area contributed by atoms with Gasteiger partial charge in [-0.1, -0.05) is 42.5 Å². The number of hydrogen-bond acceptors (Lipinski definition) is 6. The summed E-state index contributed by atoms with van der Waals surface area (Å²) in [5.74, 6) is -0.942. The molecule has 0 atom stereocenters. The Balaban J connectivity index is 1.88. The van der Waals surface area contributed by atoms with Crippen molar-refractivity contribution in [1.82, 2.24) is 0 Å². The molecule has 27 heavy (non-hydrogen) atoms. The second-order valence-electron chi connectivity index (χ2n) is 5.96. The first kappa shape index (κ1) is 18.3. The number of azo groups is 1. The Bertz CT molecular complexity index is 968. The number of hydrogen-bond donors (Lipinski definition) is 3. The summed E-state index contributed by atoms with van der Waals surface area (Å²) in [7, 11) is 0. The van der Waals surface area contributed by atoms with Crippen LogP contribution in [0.25, 0.3) is 0 Å². The molecular weight excluding hydrogens is 342 g/mol. The number of nitrogens with two attached hydrogens (primary N) is 1. The molecule has 0 fully saturated rings. The van der Waals surface area contributed by atoms with Crippen molar-refractivity contribution in [2.24, 2.45) is 16.0 Å². The van der Waals surface area contributed by atoms with Crippen molar-refractivity contribution in [2.75, 3.05) is 6.54 Å². The van der Waals surface area contributed by atoms with Crippen LogP contribution in [0, 0.1) is 0 Å². The molecule has 3 rings (SSSR count). The van der Waals surface area contributed by atoms with Gasteiger partial charge < -0.3 is 15.9 Å². The van der Waals surface area contributed by atoms with Gasteiger partial charge in [0.2, 0.25) is 0 Å². The Hall–Kier alpha value is -3.51. The zero-order valence-corrected chi connectivity index (χ0v) is 14.5. The van der Waals surface area contributed by atoms with Gasteiger partial charge in [0, 0.05) is 11.6 Å². The summed E-state index contributed by atoms with van der Waals surface area (Å²) in [6.07, 6.45) is 0.779. The zero-order valence-electron chi connectivity index (χ0n) is 14.5. The van der Waals surface area contributed by atoms with Gasteiger partial charge in [-0.25, -0.2) is 0 Å². The maximum atomic E-state index is 12.6. The number of nitrogens with zero attached hydrogens (tertiary/aromatic N) is 2. The lowest BCUT2D eigenvalue weighted by molar-refractivity contribution is 0.103. The molecule has 6 nitrogen and oxygen atoms in total. The summed E-state index contributed by atoms with van der Waals surface area (Å²) in [5.41, 5.74) is 7.79. The van der Waals surface area contributed by atoms with E-state index in [0.29, 0.717) is 17.8 Å². The van der Waals surface area contributed by atoms with Crippen molar-refractivity contribution < 1.29 is 15.0 Å². The first-order valence-electron chi connectivity index (χ1n) is 8.45. The average Bonchev–Trinajstić information content (AvgIpc) is 2.69. The van der Waals surface area contributed by atoms with E-state index in [1.807, 2.05) is 12.1 Å². The van der Waals surface area contributed by atoms with Gasteiger partial charge in [0.1, 0.15) is 17.2 Å². The molecule has 3 aromatic rings. The minimum Gasteiger partial charge on any atom is -0.507 e. The standard InChI is InChI=1S/C21H19N3O3/c22-11-10-14-6-8-16(9-7-14)23-24-18-12-17(19(25)13-20(18)26)21(27)15-4-2-1-3-5-15/h1-9,12-13,25-26H,10-11,22H2. The second kappa shape index (κ2) is 8.25. The lowest BCUT2D eigenvalue weighted by Gasteiger charge is -2.06. The topological polar surface area (TPSA) is 108 Å². The molecule has 0 aliphatic heterocycles. The van der Waals surface area contributed by atoms with E-state index in [-0.39, 0.29) is 28.5 Å². The number of carbonyl (C=O) groups excluding carboxylic acids is 1. The van der Waals surface area contributed by atoms with Gasteiger partial charge in [0.15, 0.2) is 5.78 Å². The van der Waals surface area contributed by atoms with Crippen LogP contribution in [-0.4, -0.2) is 22.5 Å². The van der Waals surface area contributed by atoms with Gasteiger partial charge in [0.25, 0.3) is 0 Å². The molecule has 0 unspecified atom stereocenters. The van der Waals surface area contributed by atoms with Crippen LogP contribution in [0.5, 0.6) is 11.5 Å². The molecule has 0 saturated carbocycles. The number of phenolic OH excluding ortho intramolecular Hbond substituents is 2. The third-order valence-corrected chi connectivity index (χ3v) is 4.02. The van der Waals surface area contributed by atoms with Crippen LogP contribution in [0.1, 0.15) is 21.5 Å². The van der Waals surface area contributed by atoms with Crippen molar-refractivity contribution in [3.05, 3.63) is 83.4 Å². The third kappa shape index (κ3) is 4.37. The molecular formula is C21H19N3O3. The molecule has 6 heteroatoms. The molecule has 4 N–H and O–H groups in total. The molecule has 0 aromatic heterocycles. The van der Waals surface area contributed by atoms with E-state index >= 15 is 0 Å². The third-order valence-electron chi connectivity index (χ3n) is 4.02. The predicted molar refractivity (Wildman–Crippen MR) is 103 cm³/mol. The highest BCUT2D eigenvalue weighted by Gasteiger charge is 2.16. The molecule has 0 aliphatic carbocycles. The molecule has 0 aliphatic rings. The van der Waals surface area contributed by atoms with Crippen molar-refractivity contribution in [1.29, 1.82) is 0 Å². The Morgan fingerprint density at radius 3 is 2.26 bits per heavy atom. The quantitative estimate of drug-likeness (QED) is 0.450. The Kier molecular flexibility index (Phi) is 5.58. The molecule has 0 bridgehead atoms. The average molecular weight is 361 g/mol. The van der Waals surface area contributed by atoms with Crippen molar-refractivity contribution in [3.8, 4) is 11.5 Å². The van der Waals surface area contributed by atoms with Crippen LogP contribution in [0.15, 0.2) is 77.0 Å². The smallest absolute Gasteiger partial charge is 0.196 e. The van der Waals surface area contributed by atoms with Crippen molar-refractivity contribution in [3.63, 3.8) is 0 Å². The number of rotatable bonds is 6. The van der Waals surface area contributed by atoms with Crippen LogP contribution in [0.3, 0.4) is 0 Å². The number of phenols is 2. The highest BCUT2D eigenvalue weighted by molar-refractivity contribution is 6.11. The van der Waals surface area contributed by atoms with E-state index in [9.17, 15) is 15.0 Å². The van der Waals surface area contributed by atoms with Crippen LogP contribution in [0.2, 0.25) is 0 Å². The minimum atomic E-state index is -0.365. The lowest BCUT2D eigenvalue weighted by atomic mass is 10.0. The summed E-state index contributed by atoms with van der Waals surface area (Å²) in [5, 5.41) is 28.2. The van der Waals surface area contributed by atoms with Crippen LogP contribution >= 0.6 is 0 Å². The second-order valence-corrected chi connectivity index (χ2v) is 5.96. The maximum absolute atomic E-state index is 12.6. The normalized spacial score (nSPS) is 11.0. The first-order valence-corrected chi connectivity index (χ1v) is 8.45. The number of benzene rings is 3. The molecule has 0 heterocycles. The van der Waals surface area contributed by atoms with Crippen molar-refractivity contribution in [2.45, 2.75) is 6.42 Å². The Morgan fingerprint density at radius 2 is 1.59 bits per heavy atom. The predicted octanol–water partition coefficient (Wildman–Crippen LogP) is 4.25. The minimum absolute atomic E-state index is 0.0474. The van der Waals surface area contributed by atoms with Gasteiger partial charge >= 0.3 is 0 Å². The fourth-order valence-corrected chi connectivity index (χ4v) is 2.58. The first-order chi connectivity index (χ1) is 13.1. The van der Waals surface area contributed by atoms with E-state index in [2.05, 4.69) is 10.2 Å². The van der Waals surface area contributed by atoms with E-state index in [0.717, 1.165) is 18.1 Å². The molecule has 136 valence electrons. The summed E-state index contributed by atoms with van der Waals surface area (Å²) < 4.78 is 0. The number of carbonyl (C=O) groups is 1. The van der Waals surface area contributed by atoms with Crippen LogP contribution < -0.4 is 5.73 Å². The van der Waals surface area contributed by atoms with Gasteiger partial charge in [-0.05, 0) is 36.7 Å². The Labute approximate surface area is 156 Å². The van der Waals surface area contributed by atoms with Crippen LogP contribution in [-0.2, 0) is 6.42 Å². The highest BCUT2D eigenvalue weighted by Crippen LogP contribution is 2.35. The van der Waals surface area contributed by atoms with Gasteiger partial charge in [-0.2, -0.15) is 5.11 Å². The molecule has 0 amide bonds. The monoisotopic (exact) mass is 361 g/mol. The summed E-state index contributed by atoms with van der Waals surface area (Å²) in [4.78, 5) is 12.6. The van der Waals surface area contributed by atoms with Gasteiger partial charge in [0.05, 0.1) is 11.3 Å². The maximum Gasteiger partial charge on any atom is 0.196 e. The van der Waals surface area contributed by atoms with Gasteiger partial charge in [-0.3, -0.25) is 4.79 Å². The van der Waals surface area contributed by atoms with E-state index < -0.39 is 0 Å². The van der Waals surface area contributed by atoms with Gasteiger partial charge in [-0.15, -0.1) is 5.11 Å². The van der Waals surface area contributed by atoms with Crippen LogP contribution in [0.4, 0.5) is 11.4 Å². The lowest BCUT2D eigenvalue weighted by Crippen LogP contribution is -2.01. The number of ketones is 1. The largest absolute Gasteiger partial charge is 0.507 e. The van der Waals surface area contributed by atoms with E-state index in [1.54, 1.807) is 42.5 Å². The molecule has 0 saturated heterocycles. The molecule has 0 radical (unpaired) electrons. The highest BCUT2D eigenvalue weighted by atomic mass is 16.3. The fourth-order valence-electron chi connectivity index (χ4n) is 2.58. The van der Waals surface area contributed by atoms with E-state index in [4.69, 9.17) is 5.73 Å². The Morgan fingerprint density at radius 1 is 0.889 bits per heavy atom. The van der Waals surface area contributed by atoms with Crippen molar-refractivity contribution >= 4 is 17.2 Å². The summed E-state index contributed by atoms with van der Waals surface area (Å²) >= 11 is 0. The summed E-state index contributed by atoms with van der Waals surface area (Å²) in [6, 6.07) is 18.4. The summed E-state index contributed by atoms with van der Waals surface area (Å²) in [6.45, 7) is 0.570. The fraction of sp³-hybridized carbons (Fsp3) is 0.0952. The number of aromatic hydroxyl groups is 2. The SMILES string of the molecule is NCCc1ccc(N=Nc2cc(C(=O)c3ccccc3)c(O)cc2O)cc1. The molecule has 3 aromatic carbocycles.